The van der Waals surface area contributed by atoms with Crippen molar-refractivity contribution in [3.05, 3.63) is 30.1 Å². The van der Waals surface area contributed by atoms with Gasteiger partial charge in [-0.1, -0.05) is 12.1 Å². The quantitative estimate of drug-likeness (QED) is 0.917. The number of anilines is 1. The van der Waals surface area contributed by atoms with E-state index in [0.29, 0.717) is 25.2 Å². The third-order valence-corrected chi connectivity index (χ3v) is 4.99. The Morgan fingerprint density at radius 2 is 2.04 bits per heavy atom. The lowest BCUT2D eigenvalue weighted by Gasteiger charge is -2.36. The van der Waals surface area contributed by atoms with E-state index in [9.17, 15) is 14.0 Å². The van der Waals surface area contributed by atoms with Crippen LogP contribution in [0.1, 0.15) is 25.7 Å². The van der Waals surface area contributed by atoms with Gasteiger partial charge in [0.25, 0.3) is 0 Å². The first-order valence-corrected chi connectivity index (χ1v) is 8.58. The summed E-state index contributed by atoms with van der Waals surface area (Å²) in [6, 6.07) is 6.74. The van der Waals surface area contributed by atoms with Crippen molar-refractivity contribution in [1.29, 1.82) is 0 Å². The molecule has 0 saturated carbocycles. The third-order valence-electron chi connectivity index (χ3n) is 4.99. The lowest BCUT2D eigenvalue weighted by Crippen LogP contribution is -2.51. The molecule has 0 aliphatic carbocycles. The predicted molar refractivity (Wildman–Crippen MR) is 90.1 cm³/mol. The molecule has 130 valence electrons. The number of likely N-dealkylation sites (tertiary alicyclic amines) is 1. The second kappa shape index (κ2) is 7.20. The van der Waals surface area contributed by atoms with E-state index in [1.165, 1.54) is 6.07 Å². The second-order valence-corrected chi connectivity index (χ2v) is 6.75. The molecule has 2 amide bonds. The topological polar surface area (TPSA) is 52.7 Å². The molecule has 0 radical (unpaired) electrons. The van der Waals surface area contributed by atoms with Gasteiger partial charge >= 0.3 is 0 Å². The van der Waals surface area contributed by atoms with Gasteiger partial charge in [0.1, 0.15) is 5.82 Å². The standard InChI is InChI=1S/C18H24FN3O2/c1-21-10-8-13(11-17(21)23)18(24)20-14-5-4-9-22(12-14)16-7-3-2-6-15(16)19/h2-3,6-7,13-14H,4-5,8-12H2,1H3,(H,20,24). The molecule has 1 aromatic carbocycles. The number of nitrogens with one attached hydrogen (secondary N) is 1. The van der Waals surface area contributed by atoms with E-state index < -0.39 is 0 Å². The van der Waals surface area contributed by atoms with Crippen molar-refractivity contribution in [2.24, 2.45) is 5.92 Å². The maximum Gasteiger partial charge on any atom is 0.223 e. The second-order valence-electron chi connectivity index (χ2n) is 6.75. The number of amides is 2. The Morgan fingerprint density at radius 1 is 1.25 bits per heavy atom. The highest BCUT2D eigenvalue weighted by Gasteiger charge is 2.31. The maximum atomic E-state index is 14.0. The van der Waals surface area contributed by atoms with Gasteiger partial charge in [0.15, 0.2) is 0 Å². The van der Waals surface area contributed by atoms with Crippen LogP contribution in [-0.2, 0) is 9.59 Å². The van der Waals surface area contributed by atoms with Crippen LogP contribution >= 0.6 is 0 Å². The molecule has 2 heterocycles. The van der Waals surface area contributed by atoms with Crippen LogP contribution in [-0.4, -0.2) is 49.4 Å². The van der Waals surface area contributed by atoms with E-state index in [4.69, 9.17) is 0 Å². The van der Waals surface area contributed by atoms with Crippen molar-refractivity contribution >= 4 is 17.5 Å². The van der Waals surface area contributed by atoms with Crippen molar-refractivity contribution < 1.29 is 14.0 Å². The summed E-state index contributed by atoms with van der Waals surface area (Å²) in [4.78, 5) is 27.9. The van der Waals surface area contributed by atoms with Gasteiger partial charge in [0.05, 0.1) is 5.69 Å². The third kappa shape index (κ3) is 3.68. The van der Waals surface area contributed by atoms with Crippen molar-refractivity contribution in [2.45, 2.75) is 31.7 Å². The van der Waals surface area contributed by atoms with Gasteiger partial charge in [-0.3, -0.25) is 9.59 Å². The van der Waals surface area contributed by atoms with Crippen molar-refractivity contribution in [3.63, 3.8) is 0 Å². The van der Waals surface area contributed by atoms with Gasteiger partial charge in [-0.25, -0.2) is 4.39 Å². The molecule has 6 heteroatoms. The fourth-order valence-electron chi connectivity index (χ4n) is 3.51. The highest BCUT2D eigenvalue weighted by atomic mass is 19.1. The molecule has 5 nitrogen and oxygen atoms in total. The van der Waals surface area contributed by atoms with E-state index in [0.717, 1.165) is 19.4 Å². The Kier molecular flexibility index (Phi) is 5.02. The number of piperidine rings is 2. The van der Waals surface area contributed by atoms with Gasteiger partial charge in [0.2, 0.25) is 11.8 Å². The number of carbonyl (C=O) groups excluding carboxylic acids is 2. The summed E-state index contributed by atoms with van der Waals surface area (Å²) in [6.07, 6.45) is 2.78. The summed E-state index contributed by atoms with van der Waals surface area (Å²) in [6.45, 7) is 2.02. The summed E-state index contributed by atoms with van der Waals surface area (Å²) < 4.78 is 14.0. The van der Waals surface area contributed by atoms with E-state index in [-0.39, 0.29) is 36.0 Å². The van der Waals surface area contributed by atoms with Crippen LogP contribution in [0.3, 0.4) is 0 Å². The first-order valence-electron chi connectivity index (χ1n) is 8.58. The Hall–Kier alpha value is -2.11. The number of nitrogens with zero attached hydrogens (tertiary/aromatic N) is 2. The molecule has 2 fully saturated rings. The van der Waals surface area contributed by atoms with E-state index in [1.807, 2.05) is 11.0 Å². The first-order chi connectivity index (χ1) is 11.5. The Labute approximate surface area is 141 Å². The van der Waals surface area contributed by atoms with Crippen molar-refractivity contribution in [1.82, 2.24) is 10.2 Å². The first kappa shape index (κ1) is 16.7. The molecule has 2 aliphatic heterocycles. The molecule has 1 aromatic rings. The molecule has 2 unspecified atom stereocenters. The minimum Gasteiger partial charge on any atom is -0.367 e. The predicted octanol–water partition coefficient (Wildman–Crippen LogP) is 1.78. The number of carbonyl (C=O) groups is 2. The van der Waals surface area contributed by atoms with Crippen LogP contribution < -0.4 is 10.2 Å². The number of hydrogen-bond donors (Lipinski definition) is 1. The van der Waals surface area contributed by atoms with Crippen molar-refractivity contribution in [3.8, 4) is 0 Å². The minimum atomic E-state index is -0.238. The molecule has 0 spiro atoms. The lowest BCUT2D eigenvalue weighted by molar-refractivity contribution is -0.139. The zero-order chi connectivity index (χ0) is 17.1. The van der Waals surface area contributed by atoms with Crippen LogP contribution in [0, 0.1) is 11.7 Å². The average molecular weight is 333 g/mol. The number of halogens is 1. The summed E-state index contributed by atoms with van der Waals surface area (Å²) in [5.41, 5.74) is 0.589. The van der Waals surface area contributed by atoms with Crippen molar-refractivity contribution in [2.75, 3.05) is 31.6 Å². The highest BCUT2D eigenvalue weighted by molar-refractivity contribution is 5.87. The molecule has 1 N–H and O–H groups in total. The molecular weight excluding hydrogens is 309 g/mol. The Balaban J connectivity index is 1.58. The Morgan fingerprint density at radius 3 is 2.79 bits per heavy atom. The van der Waals surface area contributed by atoms with Gasteiger partial charge in [-0.2, -0.15) is 0 Å². The van der Waals surface area contributed by atoms with Crippen LogP contribution in [0.25, 0.3) is 0 Å². The van der Waals surface area contributed by atoms with Crippen LogP contribution in [0.5, 0.6) is 0 Å². The zero-order valence-corrected chi connectivity index (χ0v) is 14.0. The largest absolute Gasteiger partial charge is 0.367 e. The lowest BCUT2D eigenvalue weighted by atomic mass is 9.94. The summed E-state index contributed by atoms with van der Waals surface area (Å²) in [5.74, 6) is -0.488. The zero-order valence-electron chi connectivity index (χ0n) is 14.0. The molecule has 24 heavy (non-hydrogen) atoms. The minimum absolute atomic E-state index is 0.000569. The molecule has 2 saturated heterocycles. The molecule has 0 bridgehead atoms. The molecule has 0 aromatic heterocycles. The van der Waals surface area contributed by atoms with Gasteiger partial charge < -0.3 is 15.1 Å². The number of hydrogen-bond acceptors (Lipinski definition) is 3. The fraction of sp³-hybridized carbons (Fsp3) is 0.556. The average Bonchev–Trinajstić information content (AvgIpc) is 2.58. The number of benzene rings is 1. The maximum absolute atomic E-state index is 14.0. The monoisotopic (exact) mass is 333 g/mol. The fourth-order valence-corrected chi connectivity index (χ4v) is 3.51. The van der Waals surface area contributed by atoms with Gasteiger partial charge in [-0.05, 0) is 31.4 Å². The Bertz CT molecular complexity index is 622. The summed E-state index contributed by atoms with van der Waals surface area (Å²) in [5, 5.41) is 3.07. The molecule has 3 rings (SSSR count). The van der Waals surface area contributed by atoms with E-state index in [1.54, 1.807) is 24.1 Å². The molecule has 2 aliphatic rings. The van der Waals surface area contributed by atoms with Crippen LogP contribution in [0.4, 0.5) is 10.1 Å². The molecule has 2 atom stereocenters. The summed E-state index contributed by atoms with van der Waals surface area (Å²) >= 11 is 0. The summed E-state index contributed by atoms with van der Waals surface area (Å²) in [7, 11) is 1.77. The smallest absolute Gasteiger partial charge is 0.223 e. The highest BCUT2D eigenvalue weighted by Crippen LogP contribution is 2.24. The van der Waals surface area contributed by atoms with E-state index >= 15 is 0 Å². The van der Waals surface area contributed by atoms with Crippen LogP contribution in [0.15, 0.2) is 24.3 Å². The van der Waals surface area contributed by atoms with Crippen LogP contribution in [0.2, 0.25) is 0 Å². The number of para-hydroxylation sites is 1. The van der Waals surface area contributed by atoms with Gasteiger partial charge in [0, 0.05) is 45.1 Å². The van der Waals surface area contributed by atoms with E-state index in [2.05, 4.69) is 5.32 Å². The molecular formula is C18H24FN3O2. The SMILES string of the molecule is CN1CCC(C(=O)NC2CCCN(c3ccccc3F)C2)CC1=O. The number of rotatable bonds is 3. The normalized spacial score (nSPS) is 24.8. The van der Waals surface area contributed by atoms with Gasteiger partial charge in [-0.15, -0.1) is 0 Å².